The Balaban J connectivity index is 1.77. The molecule has 0 unspecified atom stereocenters. The average molecular weight is 411 g/mol. The van der Waals surface area contributed by atoms with Crippen molar-refractivity contribution >= 4 is 23.2 Å². The topological polar surface area (TPSA) is 77.7 Å². The molecule has 0 saturated carbocycles. The van der Waals surface area contributed by atoms with E-state index < -0.39 is 0 Å². The zero-order valence-corrected chi connectivity index (χ0v) is 16.7. The molecule has 29 heavy (non-hydrogen) atoms. The molecule has 0 fully saturated rings. The molecule has 1 amide bonds. The molecule has 0 saturated heterocycles. The number of ether oxygens (including phenoxy) is 2. The number of hydrazone groups is 1. The predicted molar refractivity (Wildman–Crippen MR) is 111 cm³/mol. The third kappa shape index (κ3) is 4.09. The maximum absolute atomic E-state index is 12.7. The summed E-state index contributed by atoms with van der Waals surface area (Å²) in [7, 11) is 0. The number of nitrogens with one attached hydrogen (secondary N) is 1. The Morgan fingerprint density at radius 2 is 1.79 bits per heavy atom. The van der Waals surface area contributed by atoms with Crippen molar-refractivity contribution < 1.29 is 14.3 Å². The fourth-order valence-electron chi connectivity index (χ4n) is 2.89. The van der Waals surface area contributed by atoms with Gasteiger partial charge in [-0.05, 0) is 62.4 Å². The lowest BCUT2D eigenvalue weighted by molar-refractivity contribution is 0.0947. The van der Waals surface area contributed by atoms with Crippen LogP contribution in [0.15, 0.2) is 53.6 Å². The number of carbonyl (C=O) groups is 1. The maximum Gasteiger partial charge on any atom is 0.290 e. The summed E-state index contributed by atoms with van der Waals surface area (Å²) >= 11 is 6.00. The lowest BCUT2D eigenvalue weighted by Gasteiger charge is -2.18. The number of carbonyl (C=O) groups excluding carboxylic acids is 1. The van der Waals surface area contributed by atoms with Gasteiger partial charge in [0.05, 0.1) is 11.4 Å². The molecule has 1 aromatic heterocycles. The highest BCUT2D eigenvalue weighted by molar-refractivity contribution is 6.30. The molecule has 8 heteroatoms. The summed E-state index contributed by atoms with van der Waals surface area (Å²) in [4.78, 5) is 12.7. The van der Waals surface area contributed by atoms with Crippen molar-refractivity contribution in [2.75, 3.05) is 13.2 Å². The number of nitrogens with zero attached hydrogens (tertiary/aromatic N) is 3. The summed E-state index contributed by atoms with van der Waals surface area (Å²) in [5.41, 5.74) is 5.78. The zero-order chi connectivity index (χ0) is 20.4. The van der Waals surface area contributed by atoms with Gasteiger partial charge in [0, 0.05) is 16.3 Å². The highest BCUT2D eigenvalue weighted by Crippen LogP contribution is 2.34. The van der Waals surface area contributed by atoms with Gasteiger partial charge in [0.2, 0.25) is 0 Å². The van der Waals surface area contributed by atoms with Gasteiger partial charge in [-0.15, -0.1) is 0 Å². The molecular weight excluding hydrogens is 392 g/mol. The molecule has 0 atom stereocenters. The van der Waals surface area contributed by atoms with Gasteiger partial charge in [-0.1, -0.05) is 11.6 Å². The highest BCUT2D eigenvalue weighted by atomic mass is 35.5. The number of fused-ring (bicyclic) bond motifs is 1. The van der Waals surface area contributed by atoms with Crippen LogP contribution in [0, 0.1) is 0 Å². The molecule has 4 rings (SSSR count). The first-order valence-electron chi connectivity index (χ1n) is 9.08. The standard InChI is InChI=1S/C21H19ClN4O3/c1-13(2)23-24-21(27)18-12-17(25-26(18)16-6-4-15(22)5-7-16)14-3-8-19-20(11-14)29-10-9-28-19/h3-8,11-12H,9-10H2,1-2H3,(H,24,27). The van der Waals surface area contributed by atoms with Crippen molar-refractivity contribution in [3.05, 3.63) is 59.2 Å². The minimum Gasteiger partial charge on any atom is -0.486 e. The Hall–Kier alpha value is -3.32. The van der Waals surface area contributed by atoms with E-state index in [1.807, 2.05) is 18.2 Å². The van der Waals surface area contributed by atoms with Crippen LogP contribution in [0.5, 0.6) is 11.5 Å². The molecule has 7 nitrogen and oxygen atoms in total. The lowest BCUT2D eigenvalue weighted by atomic mass is 10.1. The van der Waals surface area contributed by atoms with E-state index in [9.17, 15) is 4.79 Å². The number of rotatable bonds is 4. The average Bonchev–Trinajstić information content (AvgIpc) is 3.17. The van der Waals surface area contributed by atoms with Crippen LogP contribution in [-0.4, -0.2) is 34.6 Å². The van der Waals surface area contributed by atoms with E-state index in [4.69, 9.17) is 21.1 Å². The highest BCUT2D eigenvalue weighted by Gasteiger charge is 2.19. The second-order valence-corrected chi connectivity index (χ2v) is 7.10. The third-order valence-electron chi connectivity index (χ3n) is 4.23. The predicted octanol–water partition coefficient (Wildman–Crippen LogP) is 4.09. The molecule has 2 aromatic carbocycles. The minimum atomic E-state index is -0.363. The quantitative estimate of drug-likeness (QED) is 0.519. The van der Waals surface area contributed by atoms with Gasteiger partial charge in [0.25, 0.3) is 5.91 Å². The van der Waals surface area contributed by atoms with Gasteiger partial charge >= 0.3 is 0 Å². The Morgan fingerprint density at radius 1 is 1.07 bits per heavy atom. The summed E-state index contributed by atoms with van der Waals surface area (Å²) in [6.45, 7) is 4.63. The van der Waals surface area contributed by atoms with E-state index in [0.29, 0.717) is 46.8 Å². The molecule has 0 aliphatic carbocycles. The summed E-state index contributed by atoms with van der Waals surface area (Å²) in [6, 6.07) is 14.4. The summed E-state index contributed by atoms with van der Waals surface area (Å²) in [5.74, 6) is 0.993. The van der Waals surface area contributed by atoms with E-state index in [2.05, 4.69) is 15.6 Å². The first-order chi connectivity index (χ1) is 14.0. The second kappa shape index (κ2) is 7.97. The van der Waals surface area contributed by atoms with Gasteiger partial charge < -0.3 is 9.47 Å². The third-order valence-corrected chi connectivity index (χ3v) is 4.48. The normalized spacial score (nSPS) is 12.4. The number of hydrogen-bond donors (Lipinski definition) is 1. The number of benzene rings is 2. The Labute approximate surface area is 172 Å². The van der Waals surface area contributed by atoms with Crippen molar-refractivity contribution in [3.8, 4) is 28.4 Å². The van der Waals surface area contributed by atoms with E-state index >= 15 is 0 Å². The van der Waals surface area contributed by atoms with Crippen LogP contribution in [0.4, 0.5) is 0 Å². The number of hydrogen-bond acceptors (Lipinski definition) is 5. The van der Waals surface area contributed by atoms with Crippen LogP contribution in [-0.2, 0) is 0 Å². The van der Waals surface area contributed by atoms with Gasteiger partial charge in [-0.2, -0.15) is 10.2 Å². The van der Waals surface area contributed by atoms with Crippen molar-refractivity contribution in [1.29, 1.82) is 0 Å². The molecule has 1 aliphatic rings. The zero-order valence-electron chi connectivity index (χ0n) is 16.0. The van der Waals surface area contributed by atoms with Crippen LogP contribution in [0.2, 0.25) is 5.02 Å². The van der Waals surface area contributed by atoms with E-state index in [1.54, 1.807) is 48.9 Å². The SMILES string of the molecule is CC(C)=NNC(=O)c1cc(-c2ccc3c(c2)OCCO3)nn1-c1ccc(Cl)cc1. The molecule has 0 spiro atoms. The molecule has 148 valence electrons. The van der Waals surface area contributed by atoms with Crippen LogP contribution >= 0.6 is 11.6 Å². The number of amides is 1. The fourth-order valence-corrected chi connectivity index (χ4v) is 3.01. The lowest BCUT2D eigenvalue weighted by Crippen LogP contribution is -2.22. The Kier molecular flexibility index (Phi) is 5.22. The Bertz CT molecular complexity index is 1090. The second-order valence-electron chi connectivity index (χ2n) is 6.66. The molecule has 0 bridgehead atoms. The minimum absolute atomic E-state index is 0.349. The van der Waals surface area contributed by atoms with Crippen molar-refractivity contribution in [3.63, 3.8) is 0 Å². The molecule has 2 heterocycles. The summed E-state index contributed by atoms with van der Waals surface area (Å²) < 4.78 is 12.8. The van der Waals surface area contributed by atoms with Gasteiger partial charge in [-0.3, -0.25) is 4.79 Å². The van der Waals surface area contributed by atoms with Gasteiger partial charge in [-0.25, -0.2) is 10.1 Å². The van der Waals surface area contributed by atoms with Crippen LogP contribution in [0.1, 0.15) is 24.3 Å². The van der Waals surface area contributed by atoms with E-state index in [1.165, 1.54) is 0 Å². The Morgan fingerprint density at radius 3 is 2.52 bits per heavy atom. The van der Waals surface area contributed by atoms with Crippen molar-refractivity contribution in [2.45, 2.75) is 13.8 Å². The summed E-state index contributed by atoms with van der Waals surface area (Å²) in [6.07, 6.45) is 0. The van der Waals surface area contributed by atoms with Gasteiger partial charge in [0.15, 0.2) is 11.5 Å². The fraction of sp³-hybridized carbons (Fsp3) is 0.190. The summed E-state index contributed by atoms with van der Waals surface area (Å²) in [5, 5.41) is 9.26. The van der Waals surface area contributed by atoms with Gasteiger partial charge in [0.1, 0.15) is 18.9 Å². The van der Waals surface area contributed by atoms with E-state index in [-0.39, 0.29) is 5.91 Å². The van der Waals surface area contributed by atoms with Crippen molar-refractivity contribution in [2.24, 2.45) is 5.10 Å². The first kappa shape index (κ1) is 19.0. The molecule has 0 radical (unpaired) electrons. The molecule has 3 aromatic rings. The first-order valence-corrected chi connectivity index (χ1v) is 9.46. The maximum atomic E-state index is 12.7. The van der Waals surface area contributed by atoms with Crippen LogP contribution in [0.25, 0.3) is 16.9 Å². The smallest absolute Gasteiger partial charge is 0.290 e. The monoisotopic (exact) mass is 410 g/mol. The van der Waals surface area contributed by atoms with E-state index in [0.717, 1.165) is 11.3 Å². The number of halogens is 1. The number of aromatic nitrogens is 2. The largest absolute Gasteiger partial charge is 0.486 e. The van der Waals surface area contributed by atoms with Crippen molar-refractivity contribution in [1.82, 2.24) is 15.2 Å². The molecule has 1 N–H and O–H groups in total. The van der Waals surface area contributed by atoms with Crippen LogP contribution < -0.4 is 14.9 Å². The molecule has 1 aliphatic heterocycles. The van der Waals surface area contributed by atoms with Crippen LogP contribution in [0.3, 0.4) is 0 Å². The molecular formula is C21H19ClN4O3.